The first kappa shape index (κ1) is 21.0. The van der Waals surface area contributed by atoms with E-state index in [1.165, 1.54) is 6.33 Å². The highest BCUT2D eigenvalue weighted by atomic mass is 32.2. The topological polar surface area (TPSA) is 104 Å². The van der Waals surface area contributed by atoms with Gasteiger partial charge in [0.25, 0.3) is 0 Å². The molecule has 4 aromatic rings. The SMILES string of the molecule is O=C(NC1=NCC(CCNc2ncnc3oc(-c4ccccc4)cc23)S1)Nc1ccccc1. The van der Waals surface area contributed by atoms with Crippen LogP contribution in [-0.2, 0) is 0 Å². The molecule has 33 heavy (non-hydrogen) atoms. The Hall–Kier alpha value is -3.85. The summed E-state index contributed by atoms with van der Waals surface area (Å²) >= 11 is 1.58. The average molecular weight is 459 g/mol. The number of anilines is 2. The Kier molecular flexibility index (Phi) is 6.21. The summed E-state index contributed by atoms with van der Waals surface area (Å²) in [5.74, 6) is 1.51. The predicted octanol–water partition coefficient (Wildman–Crippen LogP) is 4.98. The fraction of sp³-hybridized carbons (Fsp3) is 0.167. The monoisotopic (exact) mass is 458 g/mol. The summed E-state index contributed by atoms with van der Waals surface area (Å²) in [6.45, 7) is 1.38. The largest absolute Gasteiger partial charge is 0.438 e. The van der Waals surface area contributed by atoms with Gasteiger partial charge in [0.1, 0.15) is 17.9 Å². The minimum atomic E-state index is -0.288. The van der Waals surface area contributed by atoms with Crippen molar-refractivity contribution in [3.63, 3.8) is 0 Å². The molecule has 166 valence electrons. The van der Waals surface area contributed by atoms with Gasteiger partial charge in [-0.2, -0.15) is 0 Å². The van der Waals surface area contributed by atoms with Crippen molar-refractivity contribution in [1.29, 1.82) is 0 Å². The van der Waals surface area contributed by atoms with Crippen LogP contribution in [0.5, 0.6) is 0 Å². The van der Waals surface area contributed by atoms with Crippen LogP contribution in [0, 0.1) is 0 Å². The number of aliphatic imine (C=N–C) groups is 1. The van der Waals surface area contributed by atoms with Crippen LogP contribution in [-0.4, -0.2) is 39.5 Å². The Balaban J connectivity index is 1.13. The normalized spacial score (nSPS) is 15.3. The molecule has 2 aromatic carbocycles. The number of amidine groups is 1. The van der Waals surface area contributed by atoms with Crippen molar-refractivity contribution in [2.24, 2.45) is 4.99 Å². The molecule has 1 unspecified atom stereocenters. The zero-order chi connectivity index (χ0) is 22.5. The van der Waals surface area contributed by atoms with Gasteiger partial charge in [-0.05, 0) is 24.6 Å². The Morgan fingerprint density at radius 1 is 1.03 bits per heavy atom. The van der Waals surface area contributed by atoms with E-state index in [0.717, 1.165) is 34.6 Å². The molecule has 0 radical (unpaired) electrons. The molecule has 0 saturated heterocycles. The fourth-order valence-electron chi connectivity index (χ4n) is 3.51. The molecule has 2 amide bonds. The lowest BCUT2D eigenvalue weighted by atomic mass is 10.2. The Labute approximate surface area is 194 Å². The van der Waals surface area contributed by atoms with E-state index in [9.17, 15) is 4.79 Å². The molecule has 0 bridgehead atoms. The highest BCUT2D eigenvalue weighted by Crippen LogP contribution is 2.30. The van der Waals surface area contributed by atoms with E-state index in [-0.39, 0.29) is 11.3 Å². The zero-order valence-corrected chi connectivity index (χ0v) is 18.5. The number of para-hydroxylation sites is 1. The fourth-order valence-corrected chi connectivity index (χ4v) is 4.51. The van der Waals surface area contributed by atoms with Gasteiger partial charge in [0.15, 0.2) is 5.17 Å². The highest BCUT2D eigenvalue weighted by molar-refractivity contribution is 8.14. The number of carbonyl (C=O) groups is 1. The number of benzene rings is 2. The van der Waals surface area contributed by atoms with E-state index in [1.54, 1.807) is 11.8 Å². The number of nitrogens with one attached hydrogen (secondary N) is 3. The quantitative estimate of drug-likeness (QED) is 0.376. The van der Waals surface area contributed by atoms with Gasteiger partial charge in [-0.15, -0.1) is 0 Å². The van der Waals surface area contributed by atoms with Crippen molar-refractivity contribution in [3.05, 3.63) is 73.1 Å². The number of amides is 2. The number of nitrogens with zero attached hydrogens (tertiary/aromatic N) is 3. The minimum absolute atomic E-state index is 0.283. The maximum atomic E-state index is 12.2. The van der Waals surface area contributed by atoms with Gasteiger partial charge in [0.05, 0.1) is 11.9 Å². The number of hydrogen-bond acceptors (Lipinski definition) is 7. The minimum Gasteiger partial charge on any atom is -0.438 e. The van der Waals surface area contributed by atoms with E-state index in [2.05, 4.69) is 30.9 Å². The number of carbonyl (C=O) groups excluding carboxylic acids is 1. The molecule has 3 heterocycles. The second kappa shape index (κ2) is 9.74. The standard InChI is InChI=1S/C24H22N6O2S/c31-23(29-17-9-5-2-6-10-17)30-24-26-14-18(33-24)11-12-25-21-19-13-20(16-7-3-1-4-8-16)32-22(19)28-15-27-21/h1-10,13,15,18H,11-12,14H2,(H,25,27,28)(H2,26,29,30,31). The third-order valence-electron chi connectivity index (χ3n) is 5.12. The molecule has 0 fully saturated rings. The molecule has 1 atom stereocenters. The van der Waals surface area contributed by atoms with Crippen molar-refractivity contribution >= 4 is 45.6 Å². The first-order valence-corrected chi connectivity index (χ1v) is 11.5. The van der Waals surface area contributed by atoms with Crippen LogP contribution in [0.15, 0.2) is 82.5 Å². The zero-order valence-electron chi connectivity index (χ0n) is 17.7. The molecule has 2 aromatic heterocycles. The summed E-state index contributed by atoms with van der Waals surface area (Å²) in [5, 5.41) is 10.8. The van der Waals surface area contributed by atoms with Crippen LogP contribution in [0.2, 0.25) is 0 Å². The summed E-state index contributed by atoms with van der Waals surface area (Å²) < 4.78 is 5.91. The number of urea groups is 1. The molecule has 0 spiro atoms. The third kappa shape index (κ3) is 5.15. The second-order valence-electron chi connectivity index (χ2n) is 7.46. The van der Waals surface area contributed by atoms with Gasteiger partial charge in [0.2, 0.25) is 5.71 Å². The van der Waals surface area contributed by atoms with Crippen molar-refractivity contribution in [2.75, 3.05) is 23.7 Å². The maximum absolute atomic E-state index is 12.2. The van der Waals surface area contributed by atoms with Crippen molar-refractivity contribution in [3.8, 4) is 11.3 Å². The van der Waals surface area contributed by atoms with Gasteiger partial charge in [-0.1, -0.05) is 60.3 Å². The molecule has 9 heteroatoms. The predicted molar refractivity (Wildman–Crippen MR) is 133 cm³/mol. The Morgan fingerprint density at radius 3 is 2.64 bits per heavy atom. The van der Waals surface area contributed by atoms with Crippen molar-refractivity contribution in [2.45, 2.75) is 11.7 Å². The molecule has 3 N–H and O–H groups in total. The molecule has 0 saturated carbocycles. The number of fused-ring (bicyclic) bond motifs is 1. The van der Waals surface area contributed by atoms with E-state index in [1.807, 2.05) is 66.7 Å². The van der Waals surface area contributed by atoms with Crippen LogP contribution in [0.4, 0.5) is 16.3 Å². The molecular weight excluding hydrogens is 436 g/mol. The highest BCUT2D eigenvalue weighted by Gasteiger charge is 2.21. The number of rotatable bonds is 6. The lowest BCUT2D eigenvalue weighted by Gasteiger charge is -2.11. The van der Waals surface area contributed by atoms with Crippen LogP contribution in [0.1, 0.15) is 6.42 Å². The van der Waals surface area contributed by atoms with Crippen molar-refractivity contribution in [1.82, 2.24) is 15.3 Å². The van der Waals surface area contributed by atoms with Crippen LogP contribution < -0.4 is 16.0 Å². The van der Waals surface area contributed by atoms with E-state index in [4.69, 9.17) is 4.42 Å². The second-order valence-corrected chi connectivity index (χ2v) is 8.75. The van der Waals surface area contributed by atoms with E-state index in [0.29, 0.717) is 24.0 Å². The summed E-state index contributed by atoms with van der Waals surface area (Å²) in [7, 11) is 0. The average Bonchev–Trinajstić information content (AvgIpc) is 3.48. The smallest absolute Gasteiger partial charge is 0.325 e. The first-order chi connectivity index (χ1) is 16.2. The molecule has 1 aliphatic rings. The summed E-state index contributed by atoms with van der Waals surface area (Å²) in [6.07, 6.45) is 2.37. The van der Waals surface area contributed by atoms with Crippen molar-refractivity contribution < 1.29 is 9.21 Å². The molecule has 5 rings (SSSR count). The van der Waals surface area contributed by atoms with Gasteiger partial charge >= 0.3 is 6.03 Å². The van der Waals surface area contributed by atoms with Gasteiger partial charge in [-0.3, -0.25) is 10.3 Å². The molecule has 8 nitrogen and oxygen atoms in total. The lowest BCUT2D eigenvalue weighted by Crippen LogP contribution is -2.32. The van der Waals surface area contributed by atoms with Crippen LogP contribution in [0.3, 0.4) is 0 Å². The number of furan rings is 1. The summed E-state index contributed by atoms with van der Waals surface area (Å²) in [4.78, 5) is 25.2. The van der Waals surface area contributed by atoms with E-state index >= 15 is 0 Å². The van der Waals surface area contributed by atoms with Crippen LogP contribution >= 0.6 is 11.8 Å². The number of thioether (sulfide) groups is 1. The summed E-state index contributed by atoms with van der Waals surface area (Å²) in [6, 6.07) is 20.9. The Bertz CT molecular complexity index is 1280. The van der Waals surface area contributed by atoms with Gasteiger partial charge in [0, 0.05) is 23.0 Å². The summed E-state index contributed by atoms with van der Waals surface area (Å²) in [5.41, 5.74) is 2.29. The molecule has 0 aliphatic carbocycles. The molecular formula is C24H22N6O2S. The van der Waals surface area contributed by atoms with Crippen LogP contribution in [0.25, 0.3) is 22.4 Å². The van der Waals surface area contributed by atoms with Gasteiger partial charge < -0.3 is 15.1 Å². The Morgan fingerprint density at radius 2 is 1.82 bits per heavy atom. The molecule has 1 aliphatic heterocycles. The van der Waals surface area contributed by atoms with E-state index < -0.39 is 0 Å². The lowest BCUT2D eigenvalue weighted by molar-refractivity contribution is 0.256. The third-order valence-corrected chi connectivity index (χ3v) is 6.29. The number of hydrogen-bond donors (Lipinski definition) is 3. The first-order valence-electron chi connectivity index (χ1n) is 10.6. The number of aromatic nitrogens is 2. The maximum Gasteiger partial charge on any atom is 0.325 e. The van der Waals surface area contributed by atoms with Gasteiger partial charge in [-0.25, -0.2) is 14.8 Å².